The van der Waals surface area contributed by atoms with Crippen molar-refractivity contribution in [3.05, 3.63) is 79.0 Å². The summed E-state index contributed by atoms with van der Waals surface area (Å²) in [6.45, 7) is 0. The molecule has 0 fully saturated rings. The molecule has 0 atom stereocenters. The summed E-state index contributed by atoms with van der Waals surface area (Å²) in [6, 6.07) is 23.1. The van der Waals surface area contributed by atoms with Gasteiger partial charge in [-0.15, -0.1) is 0 Å². The highest BCUT2D eigenvalue weighted by atomic mass is 16.2. The van der Waals surface area contributed by atoms with Crippen molar-refractivity contribution in [3.63, 3.8) is 0 Å². The van der Waals surface area contributed by atoms with E-state index >= 15 is 0 Å². The Bertz CT molecular complexity index is 960. The van der Waals surface area contributed by atoms with Gasteiger partial charge in [-0.3, -0.25) is 4.98 Å². The highest BCUT2D eigenvalue weighted by Gasteiger charge is 2.04. The van der Waals surface area contributed by atoms with E-state index in [0.717, 1.165) is 33.1 Å². The zero-order valence-corrected chi connectivity index (χ0v) is 12.9. The van der Waals surface area contributed by atoms with Gasteiger partial charge in [0.05, 0.1) is 5.52 Å². The van der Waals surface area contributed by atoms with E-state index in [1.54, 1.807) is 6.20 Å². The van der Waals surface area contributed by atoms with Crippen LogP contribution >= 0.6 is 0 Å². The molecule has 1 heterocycles. The summed E-state index contributed by atoms with van der Waals surface area (Å²) in [4.78, 5) is 16.5. The Morgan fingerprint density at radius 3 is 2.21 bits per heavy atom. The Morgan fingerprint density at radius 2 is 1.38 bits per heavy atom. The SMILES string of the molecule is O=C(Nc1ccc2ccccc2c1)Nc1ccc2ncccc2c1. The summed E-state index contributed by atoms with van der Waals surface area (Å²) in [5.74, 6) is 0. The Hall–Kier alpha value is -3.40. The van der Waals surface area contributed by atoms with Crippen LogP contribution in [0.25, 0.3) is 21.7 Å². The fourth-order valence-corrected chi connectivity index (χ4v) is 2.71. The van der Waals surface area contributed by atoms with Crippen LogP contribution in [0.1, 0.15) is 0 Å². The van der Waals surface area contributed by atoms with Crippen LogP contribution in [0.4, 0.5) is 16.2 Å². The van der Waals surface area contributed by atoms with Crippen molar-refractivity contribution in [2.24, 2.45) is 0 Å². The second-order valence-corrected chi connectivity index (χ2v) is 5.55. The average molecular weight is 313 g/mol. The third-order valence-corrected chi connectivity index (χ3v) is 3.87. The molecule has 0 bridgehead atoms. The molecule has 0 saturated heterocycles. The summed E-state index contributed by atoms with van der Waals surface area (Å²) in [7, 11) is 0. The highest BCUT2D eigenvalue weighted by Crippen LogP contribution is 2.20. The molecule has 0 unspecified atom stereocenters. The van der Waals surface area contributed by atoms with Gasteiger partial charge < -0.3 is 10.6 Å². The molecule has 4 rings (SSSR count). The molecule has 4 aromatic rings. The molecule has 24 heavy (non-hydrogen) atoms. The lowest BCUT2D eigenvalue weighted by Crippen LogP contribution is -2.19. The van der Waals surface area contributed by atoms with Gasteiger partial charge in [0.25, 0.3) is 0 Å². The van der Waals surface area contributed by atoms with Crippen LogP contribution in [0.5, 0.6) is 0 Å². The predicted molar refractivity (Wildman–Crippen MR) is 98.3 cm³/mol. The van der Waals surface area contributed by atoms with Gasteiger partial charge in [-0.2, -0.15) is 0 Å². The quantitative estimate of drug-likeness (QED) is 0.545. The number of carbonyl (C=O) groups is 1. The van der Waals surface area contributed by atoms with Crippen LogP contribution in [-0.2, 0) is 0 Å². The van der Waals surface area contributed by atoms with Crippen LogP contribution in [-0.4, -0.2) is 11.0 Å². The van der Waals surface area contributed by atoms with E-state index < -0.39 is 0 Å². The first-order valence-electron chi connectivity index (χ1n) is 7.69. The van der Waals surface area contributed by atoms with Crippen molar-refractivity contribution in [3.8, 4) is 0 Å². The number of nitrogens with zero attached hydrogens (tertiary/aromatic N) is 1. The zero-order chi connectivity index (χ0) is 16.4. The van der Waals surface area contributed by atoms with Gasteiger partial charge in [-0.1, -0.05) is 36.4 Å². The Balaban J connectivity index is 1.52. The van der Waals surface area contributed by atoms with Gasteiger partial charge in [0.15, 0.2) is 0 Å². The van der Waals surface area contributed by atoms with Gasteiger partial charge in [-0.05, 0) is 47.2 Å². The molecule has 0 aliphatic heterocycles. The predicted octanol–water partition coefficient (Wildman–Crippen LogP) is 5.03. The minimum atomic E-state index is -0.270. The van der Waals surface area contributed by atoms with Crippen LogP contribution in [0, 0.1) is 0 Å². The standard InChI is InChI=1S/C20H15N3O/c24-20(22-17-8-7-14-4-1-2-5-15(14)12-17)23-18-9-10-19-16(13-18)6-3-11-21-19/h1-13H,(H2,22,23,24). The number of hydrogen-bond acceptors (Lipinski definition) is 2. The molecule has 0 saturated carbocycles. The number of nitrogens with one attached hydrogen (secondary N) is 2. The van der Waals surface area contributed by atoms with Crippen molar-refractivity contribution in [2.75, 3.05) is 10.6 Å². The Labute approximate surface area is 139 Å². The Morgan fingerprint density at radius 1 is 0.708 bits per heavy atom. The number of pyridine rings is 1. The largest absolute Gasteiger partial charge is 0.323 e. The first kappa shape index (κ1) is 14.2. The minimum absolute atomic E-state index is 0.270. The normalized spacial score (nSPS) is 10.7. The molecular weight excluding hydrogens is 298 g/mol. The van der Waals surface area contributed by atoms with E-state index in [4.69, 9.17) is 0 Å². The molecular formula is C20H15N3O. The molecule has 2 N–H and O–H groups in total. The molecule has 0 aliphatic carbocycles. The lowest BCUT2D eigenvalue weighted by molar-refractivity contribution is 0.262. The maximum atomic E-state index is 12.2. The highest BCUT2D eigenvalue weighted by molar-refractivity contribution is 6.02. The lowest BCUT2D eigenvalue weighted by Gasteiger charge is -2.09. The monoisotopic (exact) mass is 313 g/mol. The summed E-state index contributed by atoms with van der Waals surface area (Å²) in [5, 5.41) is 8.94. The second-order valence-electron chi connectivity index (χ2n) is 5.55. The second kappa shape index (κ2) is 6.01. The molecule has 0 aliphatic rings. The van der Waals surface area contributed by atoms with Gasteiger partial charge in [0, 0.05) is 23.0 Å². The molecule has 2 amide bonds. The number of urea groups is 1. The summed E-state index contributed by atoms with van der Waals surface area (Å²) in [6.07, 6.45) is 1.75. The number of benzene rings is 3. The zero-order valence-electron chi connectivity index (χ0n) is 12.9. The van der Waals surface area contributed by atoms with Crippen molar-refractivity contribution in [2.45, 2.75) is 0 Å². The van der Waals surface area contributed by atoms with Crippen LogP contribution in [0.2, 0.25) is 0 Å². The van der Waals surface area contributed by atoms with Crippen molar-refractivity contribution in [1.29, 1.82) is 0 Å². The number of hydrogen-bond donors (Lipinski definition) is 2. The maximum absolute atomic E-state index is 12.2. The van der Waals surface area contributed by atoms with Crippen LogP contribution in [0.3, 0.4) is 0 Å². The van der Waals surface area contributed by atoms with Crippen LogP contribution in [0.15, 0.2) is 79.0 Å². The molecule has 3 aromatic carbocycles. The molecule has 4 nitrogen and oxygen atoms in total. The first-order chi connectivity index (χ1) is 11.8. The third kappa shape index (κ3) is 2.90. The number of carbonyl (C=O) groups excluding carboxylic acids is 1. The van der Waals surface area contributed by atoms with Crippen molar-refractivity contribution < 1.29 is 4.79 Å². The molecule has 0 radical (unpaired) electrons. The van der Waals surface area contributed by atoms with Crippen molar-refractivity contribution in [1.82, 2.24) is 4.98 Å². The number of amides is 2. The minimum Gasteiger partial charge on any atom is -0.308 e. The van der Waals surface area contributed by atoms with Gasteiger partial charge in [0.1, 0.15) is 0 Å². The topological polar surface area (TPSA) is 54.0 Å². The fourth-order valence-electron chi connectivity index (χ4n) is 2.71. The number of aromatic nitrogens is 1. The van der Waals surface area contributed by atoms with Gasteiger partial charge >= 0.3 is 6.03 Å². The van der Waals surface area contributed by atoms with E-state index in [1.807, 2.05) is 72.8 Å². The van der Waals surface area contributed by atoms with E-state index in [0.29, 0.717) is 0 Å². The van der Waals surface area contributed by atoms with E-state index in [-0.39, 0.29) is 6.03 Å². The molecule has 4 heteroatoms. The number of fused-ring (bicyclic) bond motifs is 2. The van der Waals surface area contributed by atoms with Crippen molar-refractivity contribution >= 4 is 39.1 Å². The average Bonchev–Trinajstić information content (AvgIpc) is 2.61. The van der Waals surface area contributed by atoms with E-state index in [9.17, 15) is 4.79 Å². The summed E-state index contributed by atoms with van der Waals surface area (Å²) >= 11 is 0. The fraction of sp³-hybridized carbons (Fsp3) is 0. The van der Waals surface area contributed by atoms with E-state index in [2.05, 4.69) is 15.6 Å². The number of rotatable bonds is 2. The molecule has 116 valence electrons. The lowest BCUT2D eigenvalue weighted by atomic mass is 10.1. The molecule has 1 aromatic heterocycles. The third-order valence-electron chi connectivity index (χ3n) is 3.87. The van der Waals surface area contributed by atoms with Gasteiger partial charge in [0.2, 0.25) is 0 Å². The maximum Gasteiger partial charge on any atom is 0.323 e. The molecule has 0 spiro atoms. The first-order valence-corrected chi connectivity index (χ1v) is 7.69. The smallest absolute Gasteiger partial charge is 0.308 e. The van der Waals surface area contributed by atoms with Crippen LogP contribution < -0.4 is 10.6 Å². The number of anilines is 2. The van der Waals surface area contributed by atoms with E-state index in [1.165, 1.54) is 0 Å². The summed E-state index contributed by atoms with van der Waals surface area (Å²) in [5.41, 5.74) is 2.39. The van der Waals surface area contributed by atoms with Gasteiger partial charge in [-0.25, -0.2) is 4.79 Å². The Kier molecular flexibility index (Phi) is 3.56. The summed E-state index contributed by atoms with van der Waals surface area (Å²) < 4.78 is 0.